The van der Waals surface area contributed by atoms with Gasteiger partial charge in [0.1, 0.15) is 0 Å². The largest absolute Gasteiger partial charge is 0.322 e. The van der Waals surface area contributed by atoms with Crippen molar-refractivity contribution >= 4 is 23.0 Å². The molecule has 120 valence electrons. The Morgan fingerprint density at radius 2 is 1.88 bits per heavy atom. The maximum atomic E-state index is 12.4. The van der Waals surface area contributed by atoms with Gasteiger partial charge in [-0.25, -0.2) is 0 Å². The van der Waals surface area contributed by atoms with Gasteiger partial charge < -0.3 is 5.32 Å². The average Bonchev–Trinajstić information content (AvgIpc) is 2.54. The highest BCUT2D eigenvalue weighted by Gasteiger charge is 2.24. The van der Waals surface area contributed by atoms with E-state index < -0.39 is 27.1 Å². The van der Waals surface area contributed by atoms with Gasteiger partial charge in [0.15, 0.2) is 0 Å². The predicted molar refractivity (Wildman–Crippen MR) is 86.8 cm³/mol. The van der Waals surface area contributed by atoms with E-state index in [1.54, 1.807) is 24.3 Å². The van der Waals surface area contributed by atoms with Gasteiger partial charge in [-0.1, -0.05) is 12.0 Å². The van der Waals surface area contributed by atoms with Crippen molar-refractivity contribution in [2.24, 2.45) is 0 Å². The lowest BCUT2D eigenvalue weighted by atomic mass is 10.0. The van der Waals surface area contributed by atoms with Crippen LogP contribution in [-0.4, -0.2) is 15.8 Å². The Morgan fingerprint density at radius 1 is 1.17 bits per heavy atom. The van der Waals surface area contributed by atoms with Gasteiger partial charge in [-0.2, -0.15) is 0 Å². The third-order valence-corrected chi connectivity index (χ3v) is 3.30. The fourth-order valence-electron chi connectivity index (χ4n) is 2.10. The molecule has 0 atom stereocenters. The number of hydrogen-bond acceptors (Lipinski definition) is 5. The molecular formula is C16H11N3O5. The number of nitro groups is 2. The Kier molecular flexibility index (Phi) is 4.56. The Morgan fingerprint density at radius 3 is 2.46 bits per heavy atom. The van der Waals surface area contributed by atoms with E-state index in [0.29, 0.717) is 11.3 Å². The fourth-order valence-corrected chi connectivity index (χ4v) is 2.10. The van der Waals surface area contributed by atoms with Gasteiger partial charge in [-0.3, -0.25) is 25.0 Å². The summed E-state index contributed by atoms with van der Waals surface area (Å²) >= 11 is 0. The summed E-state index contributed by atoms with van der Waals surface area (Å²) in [7, 11) is 0. The van der Waals surface area contributed by atoms with Crippen LogP contribution < -0.4 is 5.32 Å². The summed E-state index contributed by atoms with van der Waals surface area (Å²) in [5.74, 6) is 1.71. The van der Waals surface area contributed by atoms with Crippen LogP contribution in [0, 0.1) is 39.5 Å². The van der Waals surface area contributed by atoms with Crippen molar-refractivity contribution in [3.63, 3.8) is 0 Å². The molecule has 0 saturated heterocycles. The summed E-state index contributed by atoms with van der Waals surface area (Å²) in [4.78, 5) is 32.8. The molecule has 0 bridgehead atoms. The van der Waals surface area contributed by atoms with E-state index in [-0.39, 0.29) is 11.1 Å². The summed E-state index contributed by atoms with van der Waals surface area (Å²) in [6.07, 6.45) is 5.28. The van der Waals surface area contributed by atoms with E-state index in [4.69, 9.17) is 6.42 Å². The molecule has 24 heavy (non-hydrogen) atoms. The number of nitro benzene ring substituents is 2. The van der Waals surface area contributed by atoms with Crippen molar-refractivity contribution in [1.82, 2.24) is 0 Å². The number of anilines is 1. The van der Waals surface area contributed by atoms with Gasteiger partial charge in [-0.15, -0.1) is 6.42 Å². The third kappa shape index (κ3) is 3.36. The number of rotatable bonds is 4. The lowest BCUT2D eigenvalue weighted by Crippen LogP contribution is -2.14. The van der Waals surface area contributed by atoms with Crippen LogP contribution in [0.25, 0.3) is 0 Å². The second kappa shape index (κ2) is 6.58. The quantitative estimate of drug-likeness (QED) is 0.527. The molecule has 0 aromatic heterocycles. The number of nitrogens with one attached hydrogen (secondary N) is 1. The van der Waals surface area contributed by atoms with Crippen LogP contribution in [0.1, 0.15) is 21.5 Å². The minimum absolute atomic E-state index is 0.0382. The average molecular weight is 325 g/mol. The molecule has 0 spiro atoms. The highest BCUT2D eigenvalue weighted by Crippen LogP contribution is 2.28. The first-order valence-corrected chi connectivity index (χ1v) is 6.65. The van der Waals surface area contributed by atoms with Crippen LogP contribution in [0.15, 0.2) is 36.4 Å². The number of amides is 1. The number of non-ortho nitro benzene ring substituents is 1. The Labute approximate surface area is 136 Å². The first-order chi connectivity index (χ1) is 11.3. The summed E-state index contributed by atoms with van der Waals surface area (Å²) in [5.41, 5.74) is -0.224. The van der Waals surface area contributed by atoms with Crippen molar-refractivity contribution in [2.45, 2.75) is 6.92 Å². The zero-order valence-electron chi connectivity index (χ0n) is 12.5. The number of nitrogens with zero attached hydrogens (tertiary/aromatic N) is 2. The fraction of sp³-hybridized carbons (Fsp3) is 0.0625. The normalized spacial score (nSPS) is 9.83. The van der Waals surface area contributed by atoms with Crippen molar-refractivity contribution in [3.8, 4) is 12.3 Å². The molecule has 0 aliphatic carbocycles. The number of benzene rings is 2. The van der Waals surface area contributed by atoms with Gasteiger partial charge in [-0.05, 0) is 25.1 Å². The Hall–Kier alpha value is -3.73. The number of terminal acetylenes is 1. The van der Waals surface area contributed by atoms with Crippen molar-refractivity contribution in [3.05, 3.63) is 73.3 Å². The molecule has 0 heterocycles. The minimum atomic E-state index is -0.789. The predicted octanol–water partition coefficient (Wildman–Crippen LogP) is 3.05. The molecule has 2 rings (SSSR count). The standard InChI is InChI=1S/C16H11N3O5/c1-3-11-5-4-6-12(7-11)17-16(20)14-8-13(18(21)22)9-15(10(14)2)19(23)24/h1,4-9H,2H3,(H,17,20). The van der Waals surface area contributed by atoms with Gasteiger partial charge >= 0.3 is 0 Å². The summed E-state index contributed by atoms with van der Waals surface area (Å²) < 4.78 is 0. The molecule has 1 amide bonds. The molecule has 0 aliphatic rings. The van der Waals surface area contributed by atoms with E-state index >= 15 is 0 Å². The van der Waals surface area contributed by atoms with E-state index in [1.807, 2.05) is 0 Å². The molecule has 8 heteroatoms. The molecule has 0 saturated carbocycles. The first kappa shape index (κ1) is 16.6. The minimum Gasteiger partial charge on any atom is -0.322 e. The zero-order valence-corrected chi connectivity index (χ0v) is 12.5. The van der Waals surface area contributed by atoms with Crippen LogP contribution in [0.4, 0.5) is 17.1 Å². The summed E-state index contributed by atoms with van der Waals surface area (Å²) in [6, 6.07) is 8.25. The van der Waals surface area contributed by atoms with Crippen molar-refractivity contribution in [2.75, 3.05) is 5.32 Å². The van der Waals surface area contributed by atoms with Crippen LogP contribution in [0.3, 0.4) is 0 Å². The topological polar surface area (TPSA) is 115 Å². The van der Waals surface area contributed by atoms with Gasteiger partial charge in [0.2, 0.25) is 0 Å². The Balaban J connectivity index is 2.46. The lowest BCUT2D eigenvalue weighted by Gasteiger charge is -2.08. The van der Waals surface area contributed by atoms with Crippen molar-refractivity contribution < 1.29 is 14.6 Å². The number of carbonyl (C=O) groups excluding carboxylic acids is 1. The molecule has 8 nitrogen and oxygen atoms in total. The molecule has 2 aromatic rings. The SMILES string of the molecule is C#Cc1cccc(NC(=O)c2cc([N+](=O)[O-])cc([N+](=O)[O-])c2C)c1. The van der Waals surface area contributed by atoms with Gasteiger partial charge in [0.25, 0.3) is 17.3 Å². The molecule has 0 aliphatic heterocycles. The summed E-state index contributed by atoms with van der Waals surface area (Å²) in [6.45, 7) is 1.36. The second-order valence-electron chi connectivity index (χ2n) is 4.83. The molecule has 1 N–H and O–H groups in total. The van der Waals surface area contributed by atoms with Crippen molar-refractivity contribution in [1.29, 1.82) is 0 Å². The van der Waals surface area contributed by atoms with E-state index in [1.165, 1.54) is 6.92 Å². The van der Waals surface area contributed by atoms with E-state index in [9.17, 15) is 25.0 Å². The number of carbonyl (C=O) groups is 1. The third-order valence-electron chi connectivity index (χ3n) is 3.30. The maximum Gasteiger partial charge on any atom is 0.279 e. The summed E-state index contributed by atoms with van der Waals surface area (Å²) in [5, 5.41) is 24.5. The molecular weight excluding hydrogens is 314 g/mol. The molecule has 0 radical (unpaired) electrons. The first-order valence-electron chi connectivity index (χ1n) is 6.65. The van der Waals surface area contributed by atoms with E-state index in [2.05, 4.69) is 11.2 Å². The second-order valence-corrected chi connectivity index (χ2v) is 4.83. The molecule has 0 unspecified atom stereocenters. The highest BCUT2D eigenvalue weighted by molar-refractivity contribution is 6.06. The van der Waals surface area contributed by atoms with Crippen LogP contribution in [0.5, 0.6) is 0 Å². The maximum absolute atomic E-state index is 12.4. The van der Waals surface area contributed by atoms with Crippen LogP contribution in [-0.2, 0) is 0 Å². The van der Waals surface area contributed by atoms with Gasteiger partial charge in [0, 0.05) is 22.9 Å². The monoisotopic (exact) mass is 325 g/mol. The lowest BCUT2D eigenvalue weighted by molar-refractivity contribution is -0.394. The molecule has 2 aromatic carbocycles. The highest BCUT2D eigenvalue weighted by atomic mass is 16.6. The van der Waals surface area contributed by atoms with E-state index in [0.717, 1.165) is 12.1 Å². The molecule has 0 fully saturated rings. The van der Waals surface area contributed by atoms with Gasteiger partial charge in [0.05, 0.1) is 21.5 Å². The zero-order chi connectivity index (χ0) is 17.9. The van der Waals surface area contributed by atoms with Crippen LogP contribution >= 0.6 is 0 Å². The number of hydrogen-bond donors (Lipinski definition) is 1. The van der Waals surface area contributed by atoms with Crippen LogP contribution in [0.2, 0.25) is 0 Å². The Bertz CT molecular complexity index is 899. The smallest absolute Gasteiger partial charge is 0.279 e.